The van der Waals surface area contributed by atoms with Gasteiger partial charge in [0.15, 0.2) is 0 Å². The van der Waals surface area contributed by atoms with Crippen molar-refractivity contribution in [2.75, 3.05) is 33.3 Å². The van der Waals surface area contributed by atoms with E-state index in [-0.39, 0.29) is 23.9 Å². The number of carbonyl (C=O) groups excluding carboxylic acids is 2. The fourth-order valence-corrected chi connectivity index (χ4v) is 7.47. The number of hydrogen-bond donors (Lipinski definition) is 3. The van der Waals surface area contributed by atoms with Crippen LogP contribution in [0.1, 0.15) is 69.2 Å². The van der Waals surface area contributed by atoms with E-state index in [1.165, 1.54) is 11.1 Å². The van der Waals surface area contributed by atoms with Crippen LogP contribution in [0.2, 0.25) is 0 Å². The van der Waals surface area contributed by atoms with Crippen molar-refractivity contribution in [3.05, 3.63) is 77.5 Å². The highest BCUT2D eigenvalue weighted by atomic mass is 16.5. The number of carbonyl (C=O) groups is 2. The van der Waals surface area contributed by atoms with E-state index >= 15 is 0 Å². The maximum atomic E-state index is 11.7. The quantitative estimate of drug-likeness (QED) is 0.360. The highest BCUT2D eigenvalue weighted by Crippen LogP contribution is 2.53. The van der Waals surface area contributed by atoms with Crippen LogP contribution < -0.4 is 20.7 Å². The van der Waals surface area contributed by atoms with Crippen LogP contribution in [0.3, 0.4) is 0 Å². The molecule has 1 aromatic heterocycles. The van der Waals surface area contributed by atoms with Crippen LogP contribution in [0.4, 0.5) is 0 Å². The summed E-state index contributed by atoms with van der Waals surface area (Å²) in [6.07, 6.45) is 11.6. The molecule has 3 N–H and O–H groups in total. The molecular weight excluding hydrogens is 574 g/mol. The number of rotatable bonds is 9. The van der Waals surface area contributed by atoms with Gasteiger partial charge in [-0.1, -0.05) is 80.3 Å². The number of amides is 2. The SMILES string of the molecule is COc1nc(C2(C#CC3CCN(CC4CCC(=O)N4)CC3)C=CC=C(c3ccccc3)C2(C)C)ccc1CNCC1CCC(=O)N1. The molecule has 0 bridgehead atoms. The fraction of sp³-hybridized carbons (Fsp3) is 0.500. The number of methoxy groups -OCH3 is 1. The molecule has 4 aliphatic rings. The van der Waals surface area contributed by atoms with E-state index in [1.54, 1.807) is 7.11 Å². The Bertz CT molecular complexity index is 1550. The third-order valence-corrected chi connectivity index (χ3v) is 10.3. The molecule has 1 aromatic carbocycles. The van der Waals surface area contributed by atoms with E-state index in [1.807, 2.05) is 0 Å². The summed E-state index contributed by atoms with van der Waals surface area (Å²) in [5, 5.41) is 9.61. The minimum atomic E-state index is -0.675. The molecule has 0 saturated carbocycles. The maximum absolute atomic E-state index is 11.7. The Kier molecular flexibility index (Phi) is 9.62. The molecule has 46 heavy (non-hydrogen) atoms. The molecule has 3 saturated heterocycles. The van der Waals surface area contributed by atoms with E-state index < -0.39 is 10.8 Å². The van der Waals surface area contributed by atoms with Crippen LogP contribution >= 0.6 is 0 Å². The normalized spacial score (nSPS) is 26.2. The van der Waals surface area contributed by atoms with Crippen molar-refractivity contribution in [1.29, 1.82) is 0 Å². The number of benzene rings is 1. The lowest BCUT2D eigenvalue weighted by Crippen LogP contribution is -2.43. The van der Waals surface area contributed by atoms with E-state index in [9.17, 15) is 9.59 Å². The fourth-order valence-electron chi connectivity index (χ4n) is 7.47. The largest absolute Gasteiger partial charge is 0.481 e. The molecule has 2 amide bonds. The molecule has 3 aliphatic heterocycles. The van der Waals surface area contributed by atoms with Gasteiger partial charge in [-0.15, -0.1) is 0 Å². The zero-order valence-electron chi connectivity index (χ0n) is 27.4. The average molecular weight is 622 g/mol. The number of ether oxygens (including phenoxy) is 1. The minimum Gasteiger partial charge on any atom is -0.481 e. The molecule has 3 atom stereocenters. The first kappa shape index (κ1) is 32.0. The number of hydrogen-bond acceptors (Lipinski definition) is 6. The summed E-state index contributed by atoms with van der Waals surface area (Å²) in [7, 11) is 1.67. The first-order chi connectivity index (χ1) is 22.3. The second-order valence-electron chi connectivity index (χ2n) is 13.7. The first-order valence-electron chi connectivity index (χ1n) is 16.8. The molecule has 3 unspecified atom stereocenters. The van der Waals surface area contributed by atoms with Gasteiger partial charge in [-0.05, 0) is 56.0 Å². The van der Waals surface area contributed by atoms with Gasteiger partial charge >= 0.3 is 0 Å². The minimum absolute atomic E-state index is 0.124. The number of likely N-dealkylation sites (tertiary alicyclic amines) is 1. The van der Waals surface area contributed by atoms with Crippen molar-refractivity contribution in [1.82, 2.24) is 25.8 Å². The Balaban J connectivity index is 1.26. The van der Waals surface area contributed by atoms with Crippen molar-refractivity contribution >= 4 is 17.4 Å². The number of aromatic nitrogens is 1. The first-order valence-corrected chi connectivity index (χ1v) is 16.8. The standard InChI is InChI=1S/C38H47N5O3/c1-37(2)32(28-8-5-4-6-9-28)10-7-20-38(37,21-17-27-18-22-43(23-19-27)26-31-13-16-35(45)41-31)33-14-11-29(36(42-33)46-3)24-39-25-30-12-15-34(44)40-30/h4-11,14,20,27,30-31,39H,12-13,15-16,18-19,22-26H2,1-3H3,(H,40,44)(H,41,45). The van der Waals surface area contributed by atoms with Gasteiger partial charge in [-0.25, -0.2) is 4.98 Å². The van der Waals surface area contributed by atoms with Crippen molar-refractivity contribution < 1.29 is 14.3 Å². The molecule has 8 heteroatoms. The van der Waals surface area contributed by atoms with Gasteiger partial charge in [-0.3, -0.25) is 9.59 Å². The number of nitrogens with one attached hydrogen (secondary N) is 3. The van der Waals surface area contributed by atoms with Crippen molar-refractivity contribution in [2.45, 2.75) is 76.4 Å². The second-order valence-corrected chi connectivity index (χ2v) is 13.7. The molecule has 3 fully saturated rings. The Morgan fingerprint density at radius 1 is 0.978 bits per heavy atom. The van der Waals surface area contributed by atoms with E-state index in [4.69, 9.17) is 9.72 Å². The predicted octanol–water partition coefficient (Wildman–Crippen LogP) is 4.37. The lowest BCUT2D eigenvalue weighted by molar-refractivity contribution is -0.120. The van der Waals surface area contributed by atoms with Gasteiger partial charge in [0, 0.05) is 61.5 Å². The van der Waals surface area contributed by atoms with Crippen LogP contribution in [0.25, 0.3) is 5.57 Å². The number of allylic oxidation sites excluding steroid dienone is 4. The molecular formula is C38H47N5O3. The monoisotopic (exact) mass is 621 g/mol. The molecule has 8 nitrogen and oxygen atoms in total. The molecule has 0 radical (unpaired) electrons. The Hall–Kier alpha value is -3.93. The highest BCUT2D eigenvalue weighted by Gasteiger charge is 2.49. The third kappa shape index (κ3) is 6.77. The summed E-state index contributed by atoms with van der Waals surface area (Å²) in [4.78, 5) is 30.9. The van der Waals surface area contributed by atoms with E-state index in [0.717, 1.165) is 56.6 Å². The Morgan fingerprint density at radius 3 is 2.37 bits per heavy atom. The Labute approximate surface area is 273 Å². The number of pyridine rings is 1. The zero-order valence-corrected chi connectivity index (χ0v) is 27.4. The molecule has 4 heterocycles. The third-order valence-electron chi connectivity index (χ3n) is 10.3. The highest BCUT2D eigenvalue weighted by molar-refractivity contribution is 5.79. The van der Waals surface area contributed by atoms with Crippen LogP contribution in [0, 0.1) is 23.2 Å². The summed E-state index contributed by atoms with van der Waals surface area (Å²) < 4.78 is 5.87. The van der Waals surface area contributed by atoms with Crippen LogP contribution in [-0.4, -0.2) is 67.1 Å². The van der Waals surface area contributed by atoms with Gasteiger partial charge < -0.3 is 25.6 Å². The van der Waals surface area contributed by atoms with Gasteiger partial charge in [0.2, 0.25) is 17.7 Å². The smallest absolute Gasteiger partial charge is 0.220 e. The van der Waals surface area contributed by atoms with E-state index in [0.29, 0.717) is 37.7 Å². The van der Waals surface area contributed by atoms with Gasteiger partial charge in [0.05, 0.1) is 12.8 Å². The van der Waals surface area contributed by atoms with Gasteiger partial charge in [0.1, 0.15) is 5.41 Å². The maximum Gasteiger partial charge on any atom is 0.220 e. The molecule has 0 spiro atoms. The lowest BCUT2D eigenvalue weighted by atomic mass is 9.57. The number of piperidine rings is 1. The number of nitrogens with zero attached hydrogens (tertiary/aromatic N) is 2. The average Bonchev–Trinajstić information content (AvgIpc) is 3.68. The molecule has 1 aliphatic carbocycles. The molecule has 6 rings (SSSR count). The second kappa shape index (κ2) is 13.8. The van der Waals surface area contributed by atoms with Gasteiger partial charge in [-0.2, -0.15) is 0 Å². The van der Waals surface area contributed by atoms with Crippen LogP contribution in [-0.2, 0) is 21.5 Å². The molecule has 242 valence electrons. The summed E-state index contributed by atoms with van der Waals surface area (Å²) in [6, 6.07) is 15.2. The summed E-state index contributed by atoms with van der Waals surface area (Å²) in [5.74, 6) is 8.77. The van der Waals surface area contributed by atoms with Crippen molar-refractivity contribution in [3.8, 4) is 17.7 Å². The predicted molar refractivity (Wildman–Crippen MR) is 181 cm³/mol. The lowest BCUT2D eigenvalue weighted by Gasteiger charge is -2.45. The van der Waals surface area contributed by atoms with Crippen molar-refractivity contribution in [3.63, 3.8) is 0 Å². The molecule has 2 aromatic rings. The van der Waals surface area contributed by atoms with Gasteiger partial charge in [0.25, 0.3) is 0 Å². The summed E-state index contributed by atoms with van der Waals surface area (Å²) in [6.45, 7) is 8.78. The summed E-state index contributed by atoms with van der Waals surface area (Å²) in [5.41, 5.74) is 3.19. The van der Waals surface area contributed by atoms with E-state index in [2.05, 4.69) is 107 Å². The summed E-state index contributed by atoms with van der Waals surface area (Å²) >= 11 is 0. The zero-order chi connectivity index (χ0) is 32.1. The topological polar surface area (TPSA) is 95.6 Å². The van der Waals surface area contributed by atoms with Crippen LogP contribution in [0.15, 0.2) is 60.7 Å². The van der Waals surface area contributed by atoms with Crippen molar-refractivity contribution in [2.24, 2.45) is 11.3 Å². The Morgan fingerprint density at radius 2 is 1.70 bits per heavy atom. The van der Waals surface area contributed by atoms with Crippen LogP contribution in [0.5, 0.6) is 5.88 Å².